The number of allylic oxidation sites excluding steroid dienone is 1. The number of rotatable bonds is 2. The first kappa shape index (κ1) is 10.7. The zero-order valence-electron chi connectivity index (χ0n) is 7.43. The lowest BCUT2D eigenvalue weighted by Crippen LogP contribution is -2.40. The Morgan fingerprint density at radius 1 is 1.36 bits per heavy atom. The predicted molar refractivity (Wildman–Crippen MR) is 46.6 cm³/mol. The van der Waals surface area contributed by atoms with Crippen LogP contribution in [-0.2, 0) is 10.0 Å². The smallest absolute Gasteiger partial charge is 0.207 e. The molecule has 0 heterocycles. The van der Waals surface area contributed by atoms with Gasteiger partial charge in [0, 0.05) is 10.4 Å². The maximum Gasteiger partial charge on any atom is 0.236 e. The average Bonchev–Trinajstić information content (AvgIpc) is 1.56. The molecule has 66 valence electrons. The van der Waals surface area contributed by atoms with Crippen molar-refractivity contribution in [3.63, 3.8) is 0 Å². The van der Waals surface area contributed by atoms with Gasteiger partial charge in [0.2, 0.25) is 10.0 Å². The van der Waals surface area contributed by atoms with Gasteiger partial charge in [-0.25, -0.2) is 13.1 Å². The van der Waals surface area contributed by atoms with Crippen molar-refractivity contribution in [2.45, 2.75) is 33.2 Å². The Kier molecular flexibility index (Phi) is 2.85. The molecule has 0 amide bonds. The van der Waals surface area contributed by atoms with Crippen LogP contribution < -0.4 is 4.72 Å². The second-order valence-electron chi connectivity index (χ2n) is 3.56. The minimum atomic E-state index is -3.30. The number of hydrogen-bond donors (Lipinski definition) is 1. The Morgan fingerprint density at radius 2 is 1.73 bits per heavy atom. The van der Waals surface area contributed by atoms with Crippen LogP contribution in [0.5, 0.6) is 0 Å². The minimum absolute atomic E-state index is 0.146. The summed E-state index contributed by atoms with van der Waals surface area (Å²) in [6.07, 6.45) is 0. The standard InChI is InChI=1S/C7H15NO2S/c1-6(2)11(9,10)8-7(3,4)5/h8H,1H2,2-5H3. The molecule has 0 bridgehead atoms. The average molecular weight is 177 g/mol. The van der Waals surface area contributed by atoms with Gasteiger partial charge >= 0.3 is 0 Å². The van der Waals surface area contributed by atoms with Gasteiger partial charge in [-0.15, -0.1) is 0 Å². The maximum atomic E-state index is 11.1. The fraction of sp³-hybridized carbons (Fsp3) is 0.714. The second kappa shape index (κ2) is 2.95. The third kappa shape index (κ3) is 4.16. The molecule has 0 fully saturated rings. The van der Waals surface area contributed by atoms with Crippen LogP contribution in [0.4, 0.5) is 0 Å². The van der Waals surface area contributed by atoms with Gasteiger partial charge in [-0.05, 0) is 27.7 Å². The highest BCUT2D eigenvalue weighted by Gasteiger charge is 2.19. The Hall–Kier alpha value is -0.350. The zero-order valence-corrected chi connectivity index (χ0v) is 8.25. The van der Waals surface area contributed by atoms with E-state index < -0.39 is 15.6 Å². The van der Waals surface area contributed by atoms with Gasteiger partial charge in [0.15, 0.2) is 0 Å². The highest BCUT2D eigenvalue weighted by Crippen LogP contribution is 2.06. The van der Waals surface area contributed by atoms with Crippen molar-refractivity contribution in [3.8, 4) is 0 Å². The lowest BCUT2D eigenvalue weighted by molar-refractivity contribution is 0.495. The van der Waals surface area contributed by atoms with E-state index in [-0.39, 0.29) is 4.91 Å². The van der Waals surface area contributed by atoms with Crippen LogP contribution in [0.25, 0.3) is 0 Å². The van der Waals surface area contributed by atoms with Crippen molar-refractivity contribution in [3.05, 3.63) is 11.5 Å². The van der Waals surface area contributed by atoms with Crippen molar-refractivity contribution in [2.24, 2.45) is 0 Å². The van der Waals surface area contributed by atoms with Crippen LogP contribution in [-0.4, -0.2) is 14.0 Å². The molecule has 1 N–H and O–H groups in total. The predicted octanol–water partition coefficient (Wildman–Crippen LogP) is 1.24. The third-order valence-electron chi connectivity index (χ3n) is 0.899. The summed E-state index contributed by atoms with van der Waals surface area (Å²) < 4.78 is 24.7. The Labute approximate surface area is 68.5 Å². The highest BCUT2D eigenvalue weighted by molar-refractivity contribution is 7.93. The van der Waals surface area contributed by atoms with E-state index in [1.54, 1.807) is 20.8 Å². The van der Waals surface area contributed by atoms with Gasteiger partial charge in [0.25, 0.3) is 0 Å². The van der Waals surface area contributed by atoms with Gasteiger partial charge in [-0.2, -0.15) is 0 Å². The first-order chi connectivity index (χ1) is 4.65. The largest absolute Gasteiger partial charge is 0.236 e. The topological polar surface area (TPSA) is 46.2 Å². The minimum Gasteiger partial charge on any atom is -0.207 e. The van der Waals surface area contributed by atoms with Crippen LogP contribution in [0, 0.1) is 0 Å². The molecule has 0 unspecified atom stereocenters. The van der Waals surface area contributed by atoms with Crippen LogP contribution in [0.2, 0.25) is 0 Å². The molecule has 0 aromatic carbocycles. The van der Waals surface area contributed by atoms with Crippen LogP contribution >= 0.6 is 0 Å². The van der Waals surface area contributed by atoms with Crippen LogP contribution in [0.15, 0.2) is 11.5 Å². The normalized spacial score (nSPS) is 13.1. The molecule has 0 atom stereocenters. The Morgan fingerprint density at radius 3 is 1.82 bits per heavy atom. The molecule has 0 aromatic heterocycles. The third-order valence-corrected chi connectivity index (χ3v) is 2.70. The van der Waals surface area contributed by atoms with Gasteiger partial charge in [0.1, 0.15) is 0 Å². The quantitative estimate of drug-likeness (QED) is 0.689. The summed E-state index contributed by atoms with van der Waals surface area (Å²) in [4.78, 5) is 0.146. The first-order valence-electron chi connectivity index (χ1n) is 3.35. The SMILES string of the molecule is C=C(C)S(=O)(=O)NC(C)(C)C. The zero-order chi connectivity index (χ0) is 9.28. The molecule has 0 aromatic rings. The van der Waals surface area contributed by atoms with E-state index in [0.717, 1.165) is 0 Å². The van der Waals surface area contributed by atoms with E-state index in [1.807, 2.05) is 0 Å². The van der Waals surface area contributed by atoms with E-state index in [0.29, 0.717) is 0 Å². The molecule has 0 rings (SSSR count). The fourth-order valence-electron chi connectivity index (χ4n) is 0.490. The van der Waals surface area contributed by atoms with Gasteiger partial charge < -0.3 is 0 Å². The maximum absolute atomic E-state index is 11.1. The summed E-state index contributed by atoms with van der Waals surface area (Å²) >= 11 is 0. The van der Waals surface area contributed by atoms with Crippen molar-refractivity contribution in [1.82, 2.24) is 4.72 Å². The molecular formula is C7H15NO2S. The molecule has 0 aliphatic rings. The fourth-order valence-corrected chi connectivity index (χ4v) is 1.47. The van der Waals surface area contributed by atoms with Crippen molar-refractivity contribution < 1.29 is 8.42 Å². The monoisotopic (exact) mass is 177 g/mol. The second-order valence-corrected chi connectivity index (χ2v) is 5.47. The highest BCUT2D eigenvalue weighted by atomic mass is 32.2. The molecular weight excluding hydrogens is 162 g/mol. The van der Waals surface area contributed by atoms with E-state index >= 15 is 0 Å². The molecule has 3 nitrogen and oxygen atoms in total. The Bertz CT molecular complexity index is 246. The molecule has 0 saturated carbocycles. The van der Waals surface area contributed by atoms with E-state index in [1.165, 1.54) is 6.92 Å². The van der Waals surface area contributed by atoms with Crippen molar-refractivity contribution in [1.29, 1.82) is 0 Å². The molecule has 0 aliphatic heterocycles. The summed E-state index contributed by atoms with van der Waals surface area (Å²) in [6.45, 7) is 10.2. The summed E-state index contributed by atoms with van der Waals surface area (Å²) in [5.74, 6) is 0. The summed E-state index contributed by atoms with van der Waals surface area (Å²) in [5.41, 5.74) is -0.433. The molecule has 0 saturated heterocycles. The molecule has 0 spiro atoms. The van der Waals surface area contributed by atoms with E-state index in [4.69, 9.17) is 0 Å². The van der Waals surface area contributed by atoms with E-state index in [9.17, 15) is 8.42 Å². The molecule has 4 heteroatoms. The lowest BCUT2D eigenvalue weighted by atomic mass is 10.1. The van der Waals surface area contributed by atoms with Crippen LogP contribution in [0.1, 0.15) is 27.7 Å². The number of hydrogen-bond acceptors (Lipinski definition) is 2. The summed E-state index contributed by atoms with van der Waals surface area (Å²) in [6, 6.07) is 0. The van der Waals surface area contributed by atoms with Gasteiger partial charge in [-0.3, -0.25) is 0 Å². The molecule has 0 aliphatic carbocycles. The van der Waals surface area contributed by atoms with Gasteiger partial charge in [-0.1, -0.05) is 6.58 Å². The van der Waals surface area contributed by atoms with Crippen molar-refractivity contribution in [2.75, 3.05) is 0 Å². The van der Waals surface area contributed by atoms with E-state index in [2.05, 4.69) is 11.3 Å². The Balaban J connectivity index is 4.53. The van der Waals surface area contributed by atoms with Crippen molar-refractivity contribution >= 4 is 10.0 Å². The summed E-state index contributed by atoms with van der Waals surface area (Å²) in [5, 5.41) is 0. The molecule has 11 heavy (non-hydrogen) atoms. The lowest BCUT2D eigenvalue weighted by Gasteiger charge is -2.19. The first-order valence-corrected chi connectivity index (χ1v) is 4.83. The van der Waals surface area contributed by atoms with Crippen LogP contribution in [0.3, 0.4) is 0 Å². The number of nitrogens with one attached hydrogen (secondary N) is 1. The van der Waals surface area contributed by atoms with Gasteiger partial charge in [0.05, 0.1) is 0 Å². The number of sulfonamides is 1. The molecule has 0 radical (unpaired) electrons. The summed E-state index contributed by atoms with van der Waals surface area (Å²) in [7, 11) is -3.30.